The molecule has 0 aliphatic carbocycles. The first-order valence-corrected chi connectivity index (χ1v) is 12.8. The molecule has 7 nitrogen and oxygen atoms in total. The van der Waals surface area contributed by atoms with Gasteiger partial charge in [0.1, 0.15) is 18.0 Å². The van der Waals surface area contributed by atoms with Gasteiger partial charge in [0.25, 0.3) is 0 Å². The van der Waals surface area contributed by atoms with E-state index in [9.17, 15) is 24.2 Å². The molecule has 2 aromatic carbocycles. The molecule has 0 saturated carbocycles. The van der Waals surface area contributed by atoms with Gasteiger partial charge >= 0.3 is 5.97 Å². The largest absolute Gasteiger partial charge is 0.497 e. The average Bonchev–Trinajstić information content (AvgIpc) is 3.23. The third-order valence-electron chi connectivity index (χ3n) is 5.94. The highest BCUT2D eigenvalue weighted by molar-refractivity contribution is 7.58. The molecule has 3 rings (SSSR count). The Hall–Kier alpha value is -2.63. The van der Waals surface area contributed by atoms with Crippen LogP contribution in [-0.4, -0.2) is 58.8 Å². The quantitative estimate of drug-likeness (QED) is 0.414. The Morgan fingerprint density at radius 2 is 1.78 bits per heavy atom. The summed E-state index contributed by atoms with van der Waals surface area (Å²) < 4.78 is 17.8. The number of rotatable bonds is 10. The van der Waals surface area contributed by atoms with E-state index in [1.165, 1.54) is 10.5 Å². The van der Waals surface area contributed by atoms with Gasteiger partial charge in [-0.1, -0.05) is 42.5 Å². The average molecular weight is 459 g/mol. The van der Waals surface area contributed by atoms with Gasteiger partial charge in [0, 0.05) is 18.6 Å². The second-order valence-electron chi connectivity index (χ2n) is 8.28. The van der Waals surface area contributed by atoms with E-state index in [-0.39, 0.29) is 25.0 Å². The zero-order chi connectivity index (χ0) is 23.1. The monoisotopic (exact) mass is 459 g/mol. The fourth-order valence-corrected chi connectivity index (χ4v) is 5.66. The number of carbonyl (C=O) groups excluding carboxylic acids is 1. The van der Waals surface area contributed by atoms with Crippen LogP contribution in [0, 0.1) is 0 Å². The molecule has 0 spiro atoms. The normalized spacial score (nSPS) is 20.0. The summed E-state index contributed by atoms with van der Waals surface area (Å²) in [6.45, 7) is 0.218. The number of unbranched alkanes of at least 4 members (excludes halogenated alkanes) is 1. The number of benzene rings is 2. The van der Waals surface area contributed by atoms with Crippen LogP contribution in [0.4, 0.5) is 0 Å². The topological polar surface area (TPSA) is 104 Å². The van der Waals surface area contributed by atoms with Crippen molar-refractivity contribution in [3.63, 3.8) is 0 Å². The maximum atomic E-state index is 12.8. The van der Waals surface area contributed by atoms with Crippen molar-refractivity contribution in [3.8, 4) is 5.75 Å². The Morgan fingerprint density at radius 1 is 1.09 bits per heavy atom. The highest BCUT2D eigenvalue weighted by Crippen LogP contribution is 2.43. The third kappa shape index (κ3) is 6.44. The van der Waals surface area contributed by atoms with Crippen LogP contribution in [0.25, 0.3) is 0 Å². The highest BCUT2D eigenvalue weighted by Gasteiger charge is 2.41. The summed E-state index contributed by atoms with van der Waals surface area (Å²) in [7, 11) is -2.11. The maximum Gasteiger partial charge on any atom is 0.326 e. The van der Waals surface area contributed by atoms with Crippen molar-refractivity contribution in [2.24, 2.45) is 0 Å². The first-order valence-electron chi connectivity index (χ1n) is 10.8. The minimum atomic E-state index is -3.68. The summed E-state index contributed by atoms with van der Waals surface area (Å²) in [5.41, 5.74) is 2.09. The van der Waals surface area contributed by atoms with Crippen molar-refractivity contribution in [1.29, 1.82) is 0 Å². The lowest BCUT2D eigenvalue weighted by atomic mass is 9.96. The molecule has 1 unspecified atom stereocenters. The molecule has 1 aliphatic rings. The van der Waals surface area contributed by atoms with Crippen molar-refractivity contribution in [2.75, 3.05) is 26.0 Å². The minimum Gasteiger partial charge on any atom is -0.497 e. The molecule has 172 valence electrons. The Kier molecular flexibility index (Phi) is 8.10. The van der Waals surface area contributed by atoms with Crippen LogP contribution < -0.4 is 4.74 Å². The summed E-state index contributed by atoms with van der Waals surface area (Å²) in [4.78, 5) is 36.2. The van der Waals surface area contributed by atoms with Crippen LogP contribution in [0.5, 0.6) is 5.75 Å². The number of aliphatic carboxylic acids is 1. The molecular weight excluding hydrogens is 429 g/mol. The zero-order valence-electron chi connectivity index (χ0n) is 18.2. The first-order chi connectivity index (χ1) is 15.3. The molecule has 0 aromatic heterocycles. The SMILES string of the molecule is COc1ccc([C@@H]2C[C@@H](C(=O)O)N(C(=O)CP(=O)(O)CCCCc3ccccc3)C2)cc1. The van der Waals surface area contributed by atoms with Gasteiger partial charge in [-0.2, -0.15) is 0 Å². The van der Waals surface area contributed by atoms with Crippen molar-refractivity contribution in [3.05, 3.63) is 65.7 Å². The first kappa shape index (κ1) is 24.0. The molecule has 3 atom stereocenters. The van der Waals surface area contributed by atoms with Crippen LogP contribution in [-0.2, 0) is 20.6 Å². The number of carbonyl (C=O) groups is 2. The predicted molar refractivity (Wildman–Crippen MR) is 122 cm³/mol. The van der Waals surface area contributed by atoms with Gasteiger partial charge in [0.15, 0.2) is 0 Å². The Labute approximate surface area is 188 Å². The molecule has 2 aromatic rings. The molecule has 1 saturated heterocycles. The molecule has 1 aliphatic heterocycles. The number of amides is 1. The lowest BCUT2D eigenvalue weighted by Crippen LogP contribution is -2.42. The number of carboxylic acids is 1. The Balaban J connectivity index is 1.56. The number of nitrogens with zero attached hydrogens (tertiary/aromatic N) is 1. The van der Waals surface area contributed by atoms with E-state index in [4.69, 9.17) is 4.74 Å². The van der Waals surface area contributed by atoms with Gasteiger partial charge in [-0.05, 0) is 48.9 Å². The number of carboxylic acid groups (broad SMARTS) is 1. The third-order valence-corrected chi connectivity index (χ3v) is 7.72. The second kappa shape index (κ2) is 10.8. The number of hydrogen-bond acceptors (Lipinski definition) is 4. The minimum absolute atomic E-state index is 0.0546. The van der Waals surface area contributed by atoms with E-state index in [1.807, 2.05) is 42.5 Å². The van der Waals surface area contributed by atoms with Crippen molar-refractivity contribution in [2.45, 2.75) is 37.6 Å². The van der Waals surface area contributed by atoms with Gasteiger partial charge in [-0.15, -0.1) is 0 Å². The number of aryl methyl sites for hydroxylation is 1. The van der Waals surface area contributed by atoms with E-state index in [1.54, 1.807) is 19.2 Å². The standard InChI is InChI=1S/C24H30NO6P/c1-31-21-12-10-19(11-13-21)20-15-22(24(27)28)25(16-20)23(26)17-32(29,30)14-6-5-9-18-7-3-2-4-8-18/h2-4,7-8,10-13,20,22H,5-6,9,14-17H2,1H3,(H,27,28)(H,29,30)/t20-,22+/m1/s1. The lowest BCUT2D eigenvalue weighted by molar-refractivity contribution is -0.147. The second-order valence-corrected chi connectivity index (χ2v) is 10.7. The predicted octanol–water partition coefficient (Wildman–Crippen LogP) is 3.76. The molecule has 1 fully saturated rings. The molecule has 0 bridgehead atoms. The molecule has 1 amide bonds. The van der Waals surface area contributed by atoms with Crippen molar-refractivity contribution < 1.29 is 28.9 Å². The maximum absolute atomic E-state index is 12.8. The number of ether oxygens (including phenoxy) is 1. The van der Waals surface area contributed by atoms with Crippen molar-refractivity contribution >= 4 is 19.2 Å². The van der Waals surface area contributed by atoms with E-state index in [0.29, 0.717) is 12.2 Å². The van der Waals surface area contributed by atoms with E-state index in [2.05, 4.69) is 0 Å². The van der Waals surface area contributed by atoms with Crippen LogP contribution in [0.15, 0.2) is 54.6 Å². The van der Waals surface area contributed by atoms with Crippen LogP contribution in [0.3, 0.4) is 0 Å². The zero-order valence-corrected chi connectivity index (χ0v) is 19.1. The van der Waals surface area contributed by atoms with Crippen LogP contribution in [0.2, 0.25) is 0 Å². The summed E-state index contributed by atoms with van der Waals surface area (Å²) >= 11 is 0. The van der Waals surface area contributed by atoms with E-state index in [0.717, 1.165) is 18.4 Å². The summed E-state index contributed by atoms with van der Waals surface area (Å²) in [5, 5.41) is 9.61. The molecule has 2 N–H and O–H groups in total. The molecule has 0 radical (unpaired) electrons. The molecular formula is C24H30NO6P. The summed E-state index contributed by atoms with van der Waals surface area (Å²) in [5.74, 6) is -1.11. The number of likely N-dealkylation sites (tertiary alicyclic amines) is 1. The van der Waals surface area contributed by atoms with Gasteiger partial charge in [-0.3, -0.25) is 9.36 Å². The van der Waals surface area contributed by atoms with Gasteiger partial charge in [-0.25, -0.2) is 4.79 Å². The summed E-state index contributed by atoms with van der Waals surface area (Å²) in [6, 6.07) is 16.2. The van der Waals surface area contributed by atoms with E-state index < -0.39 is 31.4 Å². The molecule has 8 heteroatoms. The highest BCUT2D eigenvalue weighted by atomic mass is 31.2. The van der Waals surface area contributed by atoms with Crippen molar-refractivity contribution in [1.82, 2.24) is 4.90 Å². The molecule has 1 heterocycles. The van der Waals surface area contributed by atoms with Crippen LogP contribution in [0.1, 0.15) is 36.3 Å². The fraction of sp³-hybridized carbons (Fsp3) is 0.417. The van der Waals surface area contributed by atoms with Crippen LogP contribution >= 0.6 is 7.37 Å². The molecule has 32 heavy (non-hydrogen) atoms. The Morgan fingerprint density at radius 3 is 2.41 bits per heavy atom. The number of methoxy groups -OCH3 is 1. The Bertz CT molecular complexity index is 962. The van der Waals surface area contributed by atoms with Gasteiger partial charge in [0.05, 0.1) is 7.11 Å². The smallest absolute Gasteiger partial charge is 0.326 e. The fourth-order valence-electron chi connectivity index (χ4n) is 4.18. The summed E-state index contributed by atoms with van der Waals surface area (Å²) in [6.07, 6.45) is 1.92. The number of hydrogen-bond donors (Lipinski definition) is 2. The van der Waals surface area contributed by atoms with Gasteiger partial charge in [0.2, 0.25) is 13.3 Å². The van der Waals surface area contributed by atoms with Gasteiger partial charge < -0.3 is 19.6 Å². The van der Waals surface area contributed by atoms with E-state index >= 15 is 0 Å². The lowest BCUT2D eigenvalue weighted by Gasteiger charge is -2.23.